The molecule has 1 amide bonds. The number of nitro groups is 1. The number of aryl methyl sites for hydroxylation is 1. The molecular weight excluding hydrogens is 633 g/mol. The SMILES string of the molecule is C.CCCCCc1ccc(S(=O)(=O)C[C@@H](CCCN=C(N)N[N+](=O)[O-])C(=O)N[C@@H](CC(C)C)B2O[C@@H]3C[C@@H]4C[C@@H](C4(C)C)[C@]3(C)O2)cc1. The summed E-state index contributed by atoms with van der Waals surface area (Å²) in [6.45, 7) is 13.1. The average Bonchev–Trinajstić information content (AvgIpc) is 3.35. The van der Waals surface area contributed by atoms with Gasteiger partial charge in [0.05, 0.1) is 34.2 Å². The second kappa shape index (κ2) is 16.3. The number of hydrazine groups is 1. The van der Waals surface area contributed by atoms with Gasteiger partial charge in [-0.1, -0.05) is 72.4 Å². The van der Waals surface area contributed by atoms with Crippen LogP contribution in [0.2, 0.25) is 0 Å². The molecule has 12 nitrogen and oxygen atoms in total. The number of carbonyl (C=O) groups excluding carboxylic acids is 1. The normalized spacial score (nSPS) is 25.8. The minimum absolute atomic E-state index is 0. The predicted molar refractivity (Wildman–Crippen MR) is 189 cm³/mol. The number of nitrogens with one attached hydrogen (secondary N) is 2. The molecule has 1 heterocycles. The number of unbranched alkanes of at least 4 members (excludes halogenated alkanes) is 2. The van der Waals surface area contributed by atoms with Crippen LogP contribution in [0.1, 0.15) is 106 Å². The minimum Gasteiger partial charge on any atom is -0.404 e. The zero-order valence-electron chi connectivity index (χ0n) is 28.9. The first-order valence-corrected chi connectivity index (χ1v) is 18.9. The van der Waals surface area contributed by atoms with Crippen molar-refractivity contribution in [2.75, 3.05) is 12.3 Å². The van der Waals surface area contributed by atoms with E-state index in [0.29, 0.717) is 24.7 Å². The van der Waals surface area contributed by atoms with E-state index >= 15 is 0 Å². The predicted octanol–water partition coefficient (Wildman–Crippen LogP) is 5.12. The van der Waals surface area contributed by atoms with Crippen molar-refractivity contribution >= 4 is 28.8 Å². The number of guanidine groups is 1. The van der Waals surface area contributed by atoms with Gasteiger partial charge >= 0.3 is 7.12 Å². The molecule has 3 saturated carbocycles. The zero-order chi connectivity index (χ0) is 34.6. The lowest BCUT2D eigenvalue weighted by Gasteiger charge is -2.64. The molecular formula is C34H58BN5O7S. The van der Waals surface area contributed by atoms with E-state index < -0.39 is 45.4 Å². The second-order valence-electron chi connectivity index (χ2n) is 14.9. The van der Waals surface area contributed by atoms with Crippen molar-refractivity contribution in [1.29, 1.82) is 0 Å². The van der Waals surface area contributed by atoms with E-state index in [4.69, 9.17) is 15.0 Å². The Morgan fingerprint density at radius 2 is 1.85 bits per heavy atom. The molecule has 48 heavy (non-hydrogen) atoms. The van der Waals surface area contributed by atoms with E-state index in [9.17, 15) is 23.3 Å². The van der Waals surface area contributed by atoms with Gasteiger partial charge in [0, 0.05) is 6.54 Å². The summed E-state index contributed by atoms with van der Waals surface area (Å²) in [6, 6.07) is 6.93. The highest BCUT2D eigenvalue weighted by Crippen LogP contribution is 2.65. The molecule has 2 bridgehead atoms. The quantitative estimate of drug-likeness (QED) is 0.0500. The Morgan fingerprint density at radius 3 is 2.46 bits per heavy atom. The van der Waals surface area contributed by atoms with Gasteiger partial charge in [0.2, 0.25) is 5.91 Å². The van der Waals surface area contributed by atoms with Crippen molar-refractivity contribution in [3.8, 4) is 0 Å². The van der Waals surface area contributed by atoms with E-state index in [0.717, 1.165) is 44.1 Å². The largest absolute Gasteiger partial charge is 0.481 e. The van der Waals surface area contributed by atoms with Crippen LogP contribution in [-0.4, -0.2) is 62.4 Å². The fourth-order valence-electron chi connectivity index (χ4n) is 7.88. The second-order valence-corrected chi connectivity index (χ2v) is 17.0. The van der Waals surface area contributed by atoms with E-state index in [-0.39, 0.29) is 54.4 Å². The molecule has 4 N–H and O–H groups in total. The van der Waals surface area contributed by atoms with Gasteiger partial charge in [0.1, 0.15) is 0 Å². The summed E-state index contributed by atoms with van der Waals surface area (Å²) in [5.41, 5.74) is 8.15. The van der Waals surface area contributed by atoms with Crippen molar-refractivity contribution in [1.82, 2.24) is 10.7 Å². The zero-order valence-corrected chi connectivity index (χ0v) is 29.7. The van der Waals surface area contributed by atoms with Gasteiger partial charge in [-0.2, -0.15) is 0 Å². The lowest BCUT2D eigenvalue weighted by atomic mass is 9.43. The van der Waals surface area contributed by atoms with Crippen molar-refractivity contribution in [2.45, 2.75) is 129 Å². The van der Waals surface area contributed by atoms with Crippen LogP contribution in [-0.2, 0) is 30.4 Å². The van der Waals surface area contributed by atoms with Crippen LogP contribution in [0.3, 0.4) is 0 Å². The number of nitrogens with zero attached hydrogens (tertiary/aromatic N) is 2. The molecule has 4 fully saturated rings. The lowest BCUT2D eigenvalue weighted by molar-refractivity contribution is -0.525. The fourth-order valence-corrected chi connectivity index (χ4v) is 9.47. The maximum atomic E-state index is 14.0. The van der Waals surface area contributed by atoms with Crippen molar-refractivity contribution < 1.29 is 27.6 Å². The monoisotopic (exact) mass is 691 g/mol. The Bertz CT molecular complexity index is 1390. The van der Waals surface area contributed by atoms with Crippen molar-refractivity contribution in [3.05, 3.63) is 39.9 Å². The summed E-state index contributed by atoms with van der Waals surface area (Å²) in [5, 5.41) is 13.0. The molecule has 0 unspecified atom stereocenters. The third-order valence-electron chi connectivity index (χ3n) is 10.7. The lowest BCUT2D eigenvalue weighted by Crippen LogP contribution is -2.65. The number of benzene rings is 1. The summed E-state index contributed by atoms with van der Waals surface area (Å²) in [6.07, 6.45) is 7.22. The van der Waals surface area contributed by atoms with Crippen LogP contribution in [0.5, 0.6) is 0 Å². The Hall–Kier alpha value is -2.71. The molecule has 3 aliphatic carbocycles. The van der Waals surface area contributed by atoms with Gasteiger partial charge in [-0.3, -0.25) is 4.79 Å². The van der Waals surface area contributed by atoms with E-state index in [1.54, 1.807) is 17.6 Å². The van der Waals surface area contributed by atoms with E-state index in [1.807, 2.05) is 12.1 Å². The topological polar surface area (TPSA) is 175 Å². The Morgan fingerprint density at radius 1 is 1.17 bits per heavy atom. The molecule has 0 radical (unpaired) electrons. The molecule has 1 aromatic rings. The number of carbonyl (C=O) groups is 1. The molecule has 1 aliphatic heterocycles. The first-order valence-electron chi connectivity index (χ1n) is 17.2. The minimum atomic E-state index is -3.82. The van der Waals surface area contributed by atoms with Gasteiger partial charge < -0.3 is 20.4 Å². The number of rotatable bonds is 17. The number of aliphatic imine (C=N–C) groups is 1. The van der Waals surface area contributed by atoms with Crippen molar-refractivity contribution in [3.63, 3.8) is 0 Å². The van der Waals surface area contributed by atoms with Crippen LogP contribution in [0, 0.1) is 39.2 Å². The third-order valence-corrected chi connectivity index (χ3v) is 12.5. The average molecular weight is 692 g/mol. The Kier molecular flexibility index (Phi) is 13.5. The number of amides is 1. The highest BCUT2D eigenvalue weighted by molar-refractivity contribution is 7.91. The van der Waals surface area contributed by atoms with Gasteiger partial charge in [-0.25, -0.2) is 23.5 Å². The summed E-state index contributed by atoms with van der Waals surface area (Å²) in [4.78, 5) is 28.8. The molecule has 0 aromatic heterocycles. The molecule has 14 heteroatoms. The molecule has 4 aliphatic rings. The standard InChI is InChI=1S/C33H54BN5O7S.CH4/c1-7-8-9-11-23-13-15-26(16-14-23)47(43,44)21-24(12-10-17-36-31(35)38-39(41)42)30(40)37-29(18-22(2)3)34-45-28-20-25-19-27(32(25,4)5)33(28,6)46-34;/h13-16,22,24-25,27-29H,7-12,17-21H2,1-6H3,(H,37,40)(H3,35,36,38);1H4/t24-,25+,27+,28-,29+,33+;/m1./s1. The smallest absolute Gasteiger partial charge is 0.404 e. The van der Waals surface area contributed by atoms with Gasteiger partial charge in [0.15, 0.2) is 14.9 Å². The maximum absolute atomic E-state index is 14.0. The summed E-state index contributed by atoms with van der Waals surface area (Å²) < 4.78 is 40.5. The fraction of sp³-hybridized carbons (Fsp3) is 0.765. The molecule has 1 aromatic carbocycles. The van der Waals surface area contributed by atoms with Crippen LogP contribution in [0.15, 0.2) is 34.2 Å². The Labute approximate surface area is 288 Å². The van der Waals surface area contributed by atoms with E-state index in [2.05, 4.69) is 51.9 Å². The van der Waals surface area contributed by atoms with Crippen LogP contribution in [0.25, 0.3) is 0 Å². The van der Waals surface area contributed by atoms with Crippen molar-refractivity contribution in [2.24, 2.45) is 39.8 Å². The highest BCUT2D eigenvalue weighted by atomic mass is 32.2. The Balaban J connectivity index is 0.00000625. The number of sulfone groups is 1. The first kappa shape index (κ1) is 39.7. The highest BCUT2D eigenvalue weighted by Gasteiger charge is 2.68. The summed E-state index contributed by atoms with van der Waals surface area (Å²) in [5.74, 6) is -1.33. The van der Waals surface area contributed by atoms with E-state index in [1.165, 1.54) is 0 Å². The van der Waals surface area contributed by atoms with Gasteiger partial charge in [0.25, 0.3) is 5.96 Å². The summed E-state index contributed by atoms with van der Waals surface area (Å²) in [7, 11) is -4.46. The third kappa shape index (κ3) is 9.29. The maximum Gasteiger partial charge on any atom is 0.481 e. The van der Waals surface area contributed by atoms with Crippen LogP contribution < -0.4 is 16.5 Å². The molecule has 5 rings (SSSR count). The summed E-state index contributed by atoms with van der Waals surface area (Å²) >= 11 is 0. The van der Waals surface area contributed by atoms with Crippen LogP contribution in [0.4, 0.5) is 0 Å². The molecule has 6 atom stereocenters. The number of nitrogens with two attached hydrogens (primary N) is 1. The number of hydrogen-bond donors (Lipinski definition) is 3. The number of hydrogen-bond acceptors (Lipinski definition) is 8. The molecule has 0 spiro atoms. The van der Waals surface area contributed by atoms with Gasteiger partial charge in [-0.15, -0.1) is 0 Å². The van der Waals surface area contributed by atoms with Gasteiger partial charge in [-0.05, 0) is 92.7 Å². The van der Waals surface area contributed by atoms with Crippen LogP contribution >= 0.6 is 0 Å². The molecule has 1 saturated heterocycles. The molecule has 270 valence electrons. The first-order chi connectivity index (χ1) is 22.1.